The first-order chi connectivity index (χ1) is 9.02. The summed E-state index contributed by atoms with van der Waals surface area (Å²) in [6.07, 6.45) is 1.52. The Bertz CT molecular complexity index is 680. The van der Waals surface area contributed by atoms with E-state index in [-0.39, 0.29) is 5.02 Å². The van der Waals surface area contributed by atoms with Crippen LogP contribution in [-0.2, 0) is 0 Å². The Hall–Kier alpha value is -1.28. The number of anilines is 2. The summed E-state index contributed by atoms with van der Waals surface area (Å²) >= 11 is 15.6. The number of aromatic nitrogens is 1. The van der Waals surface area contributed by atoms with Crippen molar-refractivity contribution >= 4 is 50.6 Å². The number of benzene rings is 1. The van der Waals surface area contributed by atoms with Crippen molar-refractivity contribution in [3.05, 3.63) is 50.0 Å². The van der Waals surface area contributed by atoms with Crippen LogP contribution in [0.1, 0.15) is 11.1 Å². The second kappa shape index (κ2) is 5.79. The minimum Gasteiger partial charge on any atom is -0.338 e. The fourth-order valence-electron chi connectivity index (χ4n) is 1.49. The Labute approximate surface area is 129 Å². The van der Waals surface area contributed by atoms with E-state index < -0.39 is 0 Å². The molecule has 19 heavy (non-hydrogen) atoms. The van der Waals surface area contributed by atoms with Gasteiger partial charge in [0.15, 0.2) is 5.82 Å². The average molecular weight is 357 g/mol. The third-order valence-electron chi connectivity index (χ3n) is 2.51. The molecule has 0 fully saturated rings. The number of aryl methyl sites for hydroxylation is 1. The Kier molecular flexibility index (Phi) is 4.31. The molecule has 0 radical (unpaired) electrons. The summed E-state index contributed by atoms with van der Waals surface area (Å²) in [6.45, 7) is 1.92. The molecule has 1 aromatic heterocycles. The van der Waals surface area contributed by atoms with E-state index >= 15 is 0 Å². The SMILES string of the molecule is Cc1cc(Br)c(Nc2nccc(C#N)c2Cl)cc1Cl. The molecule has 3 nitrogen and oxygen atoms in total. The predicted molar refractivity (Wildman–Crippen MR) is 81.1 cm³/mol. The van der Waals surface area contributed by atoms with Gasteiger partial charge in [0.25, 0.3) is 0 Å². The molecule has 6 heteroatoms. The van der Waals surface area contributed by atoms with Crippen LogP contribution in [0.5, 0.6) is 0 Å². The van der Waals surface area contributed by atoms with Gasteiger partial charge in [0.2, 0.25) is 0 Å². The maximum atomic E-state index is 8.92. The summed E-state index contributed by atoms with van der Waals surface area (Å²) in [6, 6.07) is 7.24. The topological polar surface area (TPSA) is 48.7 Å². The molecule has 0 bridgehead atoms. The highest BCUT2D eigenvalue weighted by molar-refractivity contribution is 9.10. The van der Waals surface area contributed by atoms with E-state index in [2.05, 4.69) is 26.2 Å². The number of nitrogens with zero attached hydrogens (tertiary/aromatic N) is 2. The molecule has 0 saturated heterocycles. The number of nitrogens with one attached hydrogen (secondary N) is 1. The normalized spacial score (nSPS) is 10.1. The fourth-order valence-corrected chi connectivity index (χ4v) is 2.41. The van der Waals surface area contributed by atoms with E-state index in [9.17, 15) is 0 Å². The molecule has 0 unspecified atom stereocenters. The maximum absolute atomic E-state index is 8.92. The van der Waals surface area contributed by atoms with Crippen molar-refractivity contribution in [2.75, 3.05) is 5.32 Å². The van der Waals surface area contributed by atoms with Crippen LogP contribution >= 0.6 is 39.1 Å². The third kappa shape index (κ3) is 3.01. The van der Waals surface area contributed by atoms with Gasteiger partial charge in [-0.2, -0.15) is 5.26 Å². The number of hydrogen-bond donors (Lipinski definition) is 1. The second-order valence-electron chi connectivity index (χ2n) is 3.84. The van der Waals surface area contributed by atoms with Gasteiger partial charge in [0.05, 0.1) is 11.3 Å². The van der Waals surface area contributed by atoms with Crippen LogP contribution in [0.2, 0.25) is 10.0 Å². The highest BCUT2D eigenvalue weighted by Gasteiger charge is 2.10. The molecular weight excluding hydrogens is 349 g/mol. The summed E-state index contributed by atoms with van der Waals surface area (Å²) in [5, 5.41) is 12.9. The number of nitriles is 1. The largest absolute Gasteiger partial charge is 0.338 e. The van der Waals surface area contributed by atoms with E-state index in [0.29, 0.717) is 16.4 Å². The lowest BCUT2D eigenvalue weighted by Crippen LogP contribution is -1.97. The molecule has 0 aliphatic heterocycles. The minimum atomic E-state index is 0.286. The van der Waals surface area contributed by atoms with Crippen molar-refractivity contribution in [2.24, 2.45) is 0 Å². The molecule has 1 heterocycles. The van der Waals surface area contributed by atoms with Gasteiger partial charge in [-0.25, -0.2) is 4.98 Å². The molecule has 1 aromatic carbocycles. The predicted octanol–water partition coefficient (Wildman–Crippen LogP) is 5.07. The van der Waals surface area contributed by atoms with Gasteiger partial charge in [0.1, 0.15) is 11.1 Å². The molecule has 0 spiro atoms. The van der Waals surface area contributed by atoms with Crippen LogP contribution in [0, 0.1) is 18.3 Å². The first-order valence-corrected chi connectivity index (χ1v) is 6.85. The van der Waals surface area contributed by atoms with E-state index in [1.807, 2.05) is 19.1 Å². The molecule has 0 aliphatic carbocycles. The number of halogens is 3. The van der Waals surface area contributed by atoms with Gasteiger partial charge >= 0.3 is 0 Å². The summed E-state index contributed by atoms with van der Waals surface area (Å²) in [7, 11) is 0. The van der Waals surface area contributed by atoms with Crippen LogP contribution in [-0.4, -0.2) is 4.98 Å². The highest BCUT2D eigenvalue weighted by Crippen LogP contribution is 2.33. The van der Waals surface area contributed by atoms with Crippen LogP contribution < -0.4 is 5.32 Å². The van der Waals surface area contributed by atoms with Crippen molar-refractivity contribution in [3.63, 3.8) is 0 Å². The zero-order valence-corrected chi connectivity index (χ0v) is 12.9. The Morgan fingerprint density at radius 1 is 1.37 bits per heavy atom. The van der Waals surface area contributed by atoms with E-state index in [1.165, 1.54) is 6.20 Å². The lowest BCUT2D eigenvalue weighted by atomic mass is 10.2. The van der Waals surface area contributed by atoms with Gasteiger partial charge in [-0.15, -0.1) is 0 Å². The first-order valence-electron chi connectivity index (χ1n) is 5.30. The molecule has 96 valence electrons. The fraction of sp³-hybridized carbons (Fsp3) is 0.0769. The monoisotopic (exact) mass is 355 g/mol. The standard InChI is InChI=1S/C13H8BrCl2N3/c1-7-4-9(14)11(5-10(7)15)19-13-12(16)8(6-17)2-3-18-13/h2-5H,1H3,(H,18,19). The van der Waals surface area contributed by atoms with Gasteiger partial charge in [-0.3, -0.25) is 0 Å². The molecule has 0 aliphatic rings. The lowest BCUT2D eigenvalue weighted by molar-refractivity contribution is 1.29. The van der Waals surface area contributed by atoms with Crippen LogP contribution in [0.25, 0.3) is 0 Å². The van der Waals surface area contributed by atoms with E-state index in [4.69, 9.17) is 28.5 Å². The minimum absolute atomic E-state index is 0.286. The number of pyridine rings is 1. The van der Waals surface area contributed by atoms with Crippen LogP contribution in [0.4, 0.5) is 11.5 Å². The highest BCUT2D eigenvalue weighted by atomic mass is 79.9. The van der Waals surface area contributed by atoms with Crippen LogP contribution in [0.15, 0.2) is 28.9 Å². The smallest absolute Gasteiger partial charge is 0.150 e. The van der Waals surface area contributed by atoms with Gasteiger partial charge in [-0.05, 0) is 46.6 Å². The van der Waals surface area contributed by atoms with Crippen molar-refractivity contribution in [3.8, 4) is 6.07 Å². The van der Waals surface area contributed by atoms with Crippen molar-refractivity contribution in [2.45, 2.75) is 6.92 Å². The van der Waals surface area contributed by atoms with E-state index in [0.717, 1.165) is 15.7 Å². The van der Waals surface area contributed by atoms with Crippen molar-refractivity contribution < 1.29 is 0 Å². The van der Waals surface area contributed by atoms with Crippen molar-refractivity contribution in [1.82, 2.24) is 4.98 Å². The average Bonchev–Trinajstić information content (AvgIpc) is 2.38. The van der Waals surface area contributed by atoms with Gasteiger partial charge in [-0.1, -0.05) is 23.2 Å². The van der Waals surface area contributed by atoms with Crippen LogP contribution in [0.3, 0.4) is 0 Å². The zero-order chi connectivity index (χ0) is 14.0. The molecule has 2 aromatic rings. The molecule has 0 saturated carbocycles. The van der Waals surface area contributed by atoms with Crippen molar-refractivity contribution in [1.29, 1.82) is 5.26 Å². The summed E-state index contributed by atoms with van der Waals surface area (Å²) in [5.74, 6) is 0.418. The second-order valence-corrected chi connectivity index (χ2v) is 5.48. The molecule has 1 N–H and O–H groups in total. The summed E-state index contributed by atoms with van der Waals surface area (Å²) in [5.41, 5.74) is 2.07. The van der Waals surface area contributed by atoms with Gasteiger partial charge < -0.3 is 5.32 Å². The maximum Gasteiger partial charge on any atom is 0.150 e. The summed E-state index contributed by atoms with van der Waals surface area (Å²) < 4.78 is 0.842. The summed E-state index contributed by atoms with van der Waals surface area (Å²) in [4.78, 5) is 4.12. The third-order valence-corrected chi connectivity index (χ3v) is 3.96. The lowest BCUT2D eigenvalue weighted by Gasteiger charge is -2.11. The Morgan fingerprint density at radius 2 is 2.11 bits per heavy atom. The quantitative estimate of drug-likeness (QED) is 0.816. The Morgan fingerprint density at radius 3 is 2.79 bits per heavy atom. The number of rotatable bonds is 2. The van der Waals surface area contributed by atoms with Gasteiger partial charge in [0, 0.05) is 15.7 Å². The molecular formula is C13H8BrCl2N3. The molecule has 0 atom stereocenters. The first kappa shape index (κ1) is 14.1. The zero-order valence-electron chi connectivity index (χ0n) is 9.84. The molecule has 0 amide bonds. The molecule has 2 rings (SSSR count). The van der Waals surface area contributed by atoms with E-state index in [1.54, 1.807) is 12.1 Å². The number of hydrogen-bond acceptors (Lipinski definition) is 3. The Balaban J connectivity index is 2.43.